The van der Waals surface area contributed by atoms with Crippen molar-refractivity contribution in [1.82, 2.24) is 5.32 Å². The second-order valence-electron chi connectivity index (χ2n) is 2.26. The molecule has 0 radical (unpaired) electrons. The van der Waals surface area contributed by atoms with Gasteiger partial charge in [0.2, 0.25) is 0 Å². The van der Waals surface area contributed by atoms with Gasteiger partial charge in [-0.05, 0) is 0 Å². The lowest BCUT2D eigenvalue weighted by atomic mass is 10.2. The van der Waals surface area contributed by atoms with E-state index in [2.05, 4.69) is 21.7 Å². The van der Waals surface area contributed by atoms with Crippen molar-refractivity contribution in [2.45, 2.75) is 17.8 Å². The Morgan fingerprint density at radius 3 is 2.36 bits per heavy atom. The first kappa shape index (κ1) is 9.09. The third kappa shape index (κ3) is 2.21. The van der Waals surface area contributed by atoms with Crippen molar-refractivity contribution < 1.29 is 17.9 Å². The van der Waals surface area contributed by atoms with E-state index in [1.165, 1.54) is 0 Å². The monoisotopic (exact) mass is 189 g/mol. The smallest absolute Gasteiger partial charge is 0.311 e. The SMILES string of the molecule is FC(Cl)C(F)(F)OC1CNC1. The van der Waals surface area contributed by atoms with Crippen LogP contribution < -0.4 is 5.32 Å². The van der Waals surface area contributed by atoms with E-state index in [9.17, 15) is 13.2 Å². The van der Waals surface area contributed by atoms with E-state index in [0.29, 0.717) is 13.1 Å². The van der Waals surface area contributed by atoms with Crippen molar-refractivity contribution in [3.63, 3.8) is 0 Å². The number of rotatable bonds is 3. The van der Waals surface area contributed by atoms with Gasteiger partial charge in [-0.1, -0.05) is 11.6 Å². The van der Waals surface area contributed by atoms with E-state index >= 15 is 0 Å². The molecule has 0 aliphatic carbocycles. The van der Waals surface area contributed by atoms with Crippen LogP contribution in [0.25, 0.3) is 0 Å². The first-order valence-corrected chi connectivity index (χ1v) is 3.50. The van der Waals surface area contributed by atoms with E-state index in [1.807, 2.05) is 0 Å². The Bertz CT molecular complexity index is 140. The molecule has 1 rings (SSSR count). The summed E-state index contributed by atoms with van der Waals surface area (Å²) < 4.78 is 40.4. The molecule has 1 N–H and O–H groups in total. The summed E-state index contributed by atoms with van der Waals surface area (Å²) in [5, 5.41) is 2.70. The summed E-state index contributed by atoms with van der Waals surface area (Å²) in [5.41, 5.74) is -2.77. The molecule has 0 saturated carbocycles. The maximum Gasteiger partial charge on any atom is 0.401 e. The van der Waals surface area contributed by atoms with Crippen LogP contribution in [0.4, 0.5) is 13.2 Å². The number of hydrogen-bond acceptors (Lipinski definition) is 2. The molecule has 1 unspecified atom stereocenters. The number of alkyl halides is 4. The van der Waals surface area contributed by atoms with Crippen molar-refractivity contribution in [1.29, 1.82) is 0 Å². The molecule has 1 aliphatic rings. The molecule has 0 spiro atoms. The zero-order valence-corrected chi connectivity index (χ0v) is 6.24. The van der Waals surface area contributed by atoms with E-state index in [0.717, 1.165) is 0 Å². The van der Waals surface area contributed by atoms with E-state index in [4.69, 9.17) is 0 Å². The fraction of sp³-hybridized carbons (Fsp3) is 1.00. The maximum atomic E-state index is 12.3. The van der Waals surface area contributed by atoms with Crippen LogP contribution in [0.1, 0.15) is 0 Å². The minimum Gasteiger partial charge on any atom is -0.311 e. The molecular weight excluding hydrogens is 183 g/mol. The molecule has 1 saturated heterocycles. The topological polar surface area (TPSA) is 21.3 Å². The number of nitrogens with one attached hydrogen (secondary N) is 1. The summed E-state index contributed by atoms with van der Waals surface area (Å²) in [6.45, 7) is 0.637. The number of halogens is 4. The highest BCUT2D eigenvalue weighted by Crippen LogP contribution is 2.27. The Morgan fingerprint density at radius 1 is 1.55 bits per heavy atom. The van der Waals surface area contributed by atoms with Gasteiger partial charge in [-0.25, -0.2) is 4.39 Å². The lowest BCUT2D eigenvalue weighted by Crippen LogP contribution is -2.52. The lowest BCUT2D eigenvalue weighted by molar-refractivity contribution is -0.284. The minimum atomic E-state index is -3.87. The quantitative estimate of drug-likeness (QED) is 0.672. The van der Waals surface area contributed by atoms with Crippen LogP contribution in [0.2, 0.25) is 0 Å². The fourth-order valence-electron chi connectivity index (χ4n) is 0.619. The van der Waals surface area contributed by atoms with Crippen molar-refractivity contribution in [2.24, 2.45) is 0 Å². The predicted octanol–water partition coefficient (Wildman–Crippen LogP) is 1.10. The average Bonchev–Trinajstić information content (AvgIpc) is 1.79. The summed E-state index contributed by atoms with van der Waals surface area (Å²) in [6.07, 6.45) is -4.49. The molecule has 0 bridgehead atoms. The normalized spacial score (nSPS) is 22.9. The molecule has 2 nitrogen and oxygen atoms in total. The molecule has 66 valence electrons. The van der Waals surface area contributed by atoms with Gasteiger partial charge in [-0.15, -0.1) is 0 Å². The van der Waals surface area contributed by atoms with Gasteiger partial charge in [-0.3, -0.25) is 0 Å². The van der Waals surface area contributed by atoms with Crippen LogP contribution in [0.15, 0.2) is 0 Å². The minimum absolute atomic E-state index is 0.319. The zero-order chi connectivity index (χ0) is 8.48. The average molecular weight is 190 g/mol. The highest BCUT2D eigenvalue weighted by molar-refractivity contribution is 6.20. The largest absolute Gasteiger partial charge is 0.401 e. The van der Waals surface area contributed by atoms with Crippen LogP contribution in [-0.4, -0.2) is 30.9 Å². The van der Waals surface area contributed by atoms with Crippen molar-refractivity contribution in [3.8, 4) is 0 Å². The van der Waals surface area contributed by atoms with Crippen molar-refractivity contribution in [3.05, 3.63) is 0 Å². The molecule has 0 amide bonds. The van der Waals surface area contributed by atoms with Gasteiger partial charge in [0, 0.05) is 13.1 Å². The Morgan fingerprint density at radius 2 is 2.09 bits per heavy atom. The summed E-state index contributed by atoms with van der Waals surface area (Å²) >= 11 is 4.53. The molecule has 1 aliphatic heterocycles. The van der Waals surface area contributed by atoms with E-state index in [1.54, 1.807) is 0 Å². The van der Waals surface area contributed by atoms with Gasteiger partial charge in [0.15, 0.2) is 0 Å². The van der Waals surface area contributed by atoms with Crippen LogP contribution in [0.3, 0.4) is 0 Å². The molecule has 6 heteroatoms. The standard InChI is InChI=1S/C5H7ClF3NO/c6-4(7)5(8,9)11-3-1-10-2-3/h3-4,10H,1-2H2. The summed E-state index contributed by atoms with van der Waals surface area (Å²) in [7, 11) is 0. The van der Waals surface area contributed by atoms with Gasteiger partial charge in [0.1, 0.15) is 0 Å². The predicted molar refractivity (Wildman–Crippen MR) is 33.4 cm³/mol. The van der Waals surface area contributed by atoms with E-state index < -0.39 is 17.8 Å². The van der Waals surface area contributed by atoms with Crippen LogP contribution >= 0.6 is 11.6 Å². The molecule has 0 aromatic carbocycles. The first-order chi connectivity index (χ1) is 5.02. The summed E-state index contributed by atoms with van der Waals surface area (Å²) in [6, 6.07) is 0. The maximum absolute atomic E-state index is 12.3. The van der Waals surface area contributed by atoms with Gasteiger partial charge in [0.05, 0.1) is 6.10 Å². The van der Waals surface area contributed by atoms with Gasteiger partial charge in [0.25, 0.3) is 5.63 Å². The Kier molecular flexibility index (Phi) is 2.61. The van der Waals surface area contributed by atoms with Gasteiger partial charge < -0.3 is 10.1 Å². The molecular formula is C5H7ClF3NO. The molecule has 11 heavy (non-hydrogen) atoms. The number of ether oxygens (including phenoxy) is 1. The van der Waals surface area contributed by atoms with Crippen molar-refractivity contribution in [2.75, 3.05) is 13.1 Å². The zero-order valence-electron chi connectivity index (χ0n) is 5.49. The van der Waals surface area contributed by atoms with Gasteiger partial charge in [-0.2, -0.15) is 8.78 Å². The lowest BCUT2D eigenvalue weighted by Gasteiger charge is -2.30. The summed E-state index contributed by atoms with van der Waals surface area (Å²) in [5.74, 6) is 0. The molecule has 0 aromatic rings. The Hall–Kier alpha value is -0.0000000000000000416. The highest BCUT2D eigenvalue weighted by Gasteiger charge is 2.43. The van der Waals surface area contributed by atoms with Crippen LogP contribution in [0.5, 0.6) is 0 Å². The third-order valence-electron chi connectivity index (χ3n) is 1.32. The van der Waals surface area contributed by atoms with Crippen molar-refractivity contribution >= 4 is 11.6 Å². The molecule has 0 aromatic heterocycles. The Labute approximate surface area is 66.7 Å². The molecule has 1 atom stereocenters. The molecule has 1 heterocycles. The Balaban J connectivity index is 2.32. The van der Waals surface area contributed by atoms with E-state index in [-0.39, 0.29) is 0 Å². The fourth-order valence-corrected chi connectivity index (χ4v) is 0.671. The van der Waals surface area contributed by atoms with Gasteiger partial charge >= 0.3 is 6.11 Å². The second-order valence-corrected chi connectivity index (χ2v) is 2.64. The van der Waals surface area contributed by atoms with Crippen LogP contribution in [0, 0.1) is 0 Å². The first-order valence-electron chi connectivity index (χ1n) is 3.07. The highest BCUT2D eigenvalue weighted by atomic mass is 35.5. The third-order valence-corrected chi connectivity index (χ3v) is 1.58. The summed E-state index contributed by atoms with van der Waals surface area (Å²) in [4.78, 5) is 0. The number of hydrogen-bond donors (Lipinski definition) is 1. The van der Waals surface area contributed by atoms with Crippen LogP contribution in [-0.2, 0) is 4.74 Å². The second kappa shape index (κ2) is 3.16. The molecule has 1 fully saturated rings.